The van der Waals surface area contributed by atoms with Crippen LogP contribution in [0.25, 0.3) is 11.1 Å². The number of benzene rings is 3. The van der Waals surface area contributed by atoms with Crippen LogP contribution in [-0.4, -0.2) is 26.2 Å². The van der Waals surface area contributed by atoms with Crippen molar-refractivity contribution in [2.75, 3.05) is 14.2 Å². The van der Waals surface area contributed by atoms with E-state index in [1.165, 1.54) is 14.2 Å². The minimum absolute atomic E-state index is 0.342. The lowest BCUT2D eigenvalue weighted by molar-refractivity contribution is 0.0591. The van der Waals surface area contributed by atoms with Crippen molar-refractivity contribution < 1.29 is 23.8 Å². The van der Waals surface area contributed by atoms with E-state index >= 15 is 0 Å². The average molecular weight is 376 g/mol. The van der Waals surface area contributed by atoms with Crippen molar-refractivity contribution in [1.82, 2.24) is 0 Å². The number of ether oxygens (including phenoxy) is 3. The summed E-state index contributed by atoms with van der Waals surface area (Å²) in [6.45, 7) is 0.342. The van der Waals surface area contributed by atoms with Gasteiger partial charge in [0.05, 0.1) is 25.3 Å². The Morgan fingerprint density at radius 2 is 1.29 bits per heavy atom. The van der Waals surface area contributed by atoms with Crippen LogP contribution in [-0.2, 0) is 16.1 Å². The van der Waals surface area contributed by atoms with Gasteiger partial charge in [-0.1, -0.05) is 36.4 Å². The van der Waals surface area contributed by atoms with Crippen LogP contribution in [0.3, 0.4) is 0 Å². The highest BCUT2D eigenvalue weighted by molar-refractivity contribution is 5.91. The quantitative estimate of drug-likeness (QED) is 0.593. The van der Waals surface area contributed by atoms with Crippen LogP contribution >= 0.6 is 0 Å². The van der Waals surface area contributed by atoms with Crippen LogP contribution in [0, 0.1) is 0 Å². The molecule has 0 aliphatic carbocycles. The molecule has 3 aromatic rings. The molecule has 0 heterocycles. The summed E-state index contributed by atoms with van der Waals surface area (Å²) in [6, 6.07) is 22.0. The number of carbonyl (C=O) groups is 2. The lowest BCUT2D eigenvalue weighted by Gasteiger charge is -2.10. The second-order valence-corrected chi connectivity index (χ2v) is 6.08. The molecule has 28 heavy (non-hydrogen) atoms. The second kappa shape index (κ2) is 8.86. The predicted molar refractivity (Wildman–Crippen MR) is 105 cm³/mol. The van der Waals surface area contributed by atoms with Crippen molar-refractivity contribution in [3.05, 3.63) is 89.5 Å². The Bertz CT molecular complexity index is 994. The molecular formula is C23H20O5. The predicted octanol–water partition coefficient (Wildman–Crippen LogP) is 4.51. The van der Waals surface area contributed by atoms with E-state index < -0.39 is 5.97 Å². The average Bonchev–Trinajstić information content (AvgIpc) is 2.77. The van der Waals surface area contributed by atoms with Crippen molar-refractivity contribution in [3.63, 3.8) is 0 Å². The molecular weight excluding hydrogens is 356 g/mol. The number of carbonyl (C=O) groups excluding carboxylic acids is 2. The van der Waals surface area contributed by atoms with Crippen LogP contribution in [0.15, 0.2) is 72.8 Å². The maximum absolute atomic E-state index is 11.7. The molecule has 0 amide bonds. The third-order valence-electron chi connectivity index (χ3n) is 4.20. The third-order valence-corrected chi connectivity index (χ3v) is 4.20. The van der Waals surface area contributed by atoms with Gasteiger partial charge < -0.3 is 14.2 Å². The summed E-state index contributed by atoms with van der Waals surface area (Å²) in [4.78, 5) is 23.4. The largest absolute Gasteiger partial charge is 0.489 e. The highest BCUT2D eigenvalue weighted by Gasteiger charge is 2.08. The summed E-state index contributed by atoms with van der Waals surface area (Å²) in [7, 11) is 2.71. The van der Waals surface area contributed by atoms with Crippen molar-refractivity contribution in [2.24, 2.45) is 0 Å². The Kier molecular flexibility index (Phi) is 6.07. The van der Waals surface area contributed by atoms with Gasteiger partial charge in [-0.25, -0.2) is 9.59 Å². The van der Waals surface area contributed by atoms with Crippen LogP contribution in [0.2, 0.25) is 0 Å². The van der Waals surface area contributed by atoms with Gasteiger partial charge in [0.1, 0.15) is 12.4 Å². The van der Waals surface area contributed by atoms with Crippen LogP contribution in [0.1, 0.15) is 26.3 Å². The number of rotatable bonds is 6. The fourth-order valence-corrected chi connectivity index (χ4v) is 2.78. The van der Waals surface area contributed by atoms with Crippen LogP contribution < -0.4 is 4.74 Å². The van der Waals surface area contributed by atoms with Gasteiger partial charge in [0.15, 0.2) is 0 Å². The molecule has 0 spiro atoms. The molecule has 5 nitrogen and oxygen atoms in total. The van der Waals surface area contributed by atoms with Crippen molar-refractivity contribution in [1.29, 1.82) is 0 Å². The minimum Gasteiger partial charge on any atom is -0.489 e. The molecule has 142 valence electrons. The normalized spacial score (nSPS) is 10.2. The van der Waals surface area contributed by atoms with E-state index in [0.717, 1.165) is 16.7 Å². The molecule has 0 aromatic heterocycles. The summed E-state index contributed by atoms with van der Waals surface area (Å²) in [6.07, 6.45) is 0. The van der Waals surface area contributed by atoms with E-state index in [9.17, 15) is 9.59 Å². The second-order valence-electron chi connectivity index (χ2n) is 6.08. The highest BCUT2D eigenvalue weighted by atomic mass is 16.5. The number of hydrogen-bond acceptors (Lipinski definition) is 5. The van der Waals surface area contributed by atoms with Gasteiger partial charge in [0.25, 0.3) is 0 Å². The lowest BCUT2D eigenvalue weighted by Crippen LogP contribution is -2.02. The maximum Gasteiger partial charge on any atom is 0.337 e. The molecule has 0 radical (unpaired) electrons. The first-order chi connectivity index (χ1) is 13.6. The molecule has 0 aliphatic rings. The van der Waals surface area contributed by atoms with Gasteiger partial charge >= 0.3 is 11.9 Å². The molecule has 0 N–H and O–H groups in total. The molecule has 0 saturated heterocycles. The Morgan fingerprint density at radius 3 is 1.96 bits per heavy atom. The van der Waals surface area contributed by atoms with Crippen molar-refractivity contribution in [2.45, 2.75) is 6.61 Å². The first-order valence-electron chi connectivity index (χ1n) is 8.69. The van der Waals surface area contributed by atoms with Gasteiger partial charge in [-0.05, 0) is 53.1 Å². The smallest absolute Gasteiger partial charge is 0.337 e. The van der Waals surface area contributed by atoms with Crippen molar-refractivity contribution >= 4 is 11.9 Å². The highest BCUT2D eigenvalue weighted by Crippen LogP contribution is 2.23. The standard InChI is InChI=1S/C23H20O5/c1-26-22(24)19-9-4-8-18(13-19)17-7-3-6-16(12-17)15-28-21-11-5-10-20(14-21)23(25)27-2/h3-14H,15H2,1-2H3. The Hall–Kier alpha value is -3.60. The Labute approximate surface area is 163 Å². The van der Waals surface area contributed by atoms with E-state index in [2.05, 4.69) is 0 Å². The zero-order valence-electron chi connectivity index (χ0n) is 15.7. The fourth-order valence-electron chi connectivity index (χ4n) is 2.78. The Morgan fingerprint density at radius 1 is 0.714 bits per heavy atom. The summed E-state index contributed by atoms with van der Waals surface area (Å²) in [5.41, 5.74) is 3.78. The maximum atomic E-state index is 11.7. The first-order valence-corrected chi connectivity index (χ1v) is 8.69. The third kappa shape index (κ3) is 4.57. The zero-order valence-corrected chi connectivity index (χ0v) is 15.7. The van der Waals surface area contributed by atoms with Gasteiger partial charge in [0.2, 0.25) is 0 Å². The topological polar surface area (TPSA) is 61.8 Å². The number of hydrogen-bond donors (Lipinski definition) is 0. The molecule has 0 bridgehead atoms. The fraction of sp³-hybridized carbons (Fsp3) is 0.130. The monoisotopic (exact) mass is 376 g/mol. The van der Waals surface area contributed by atoms with E-state index in [1.807, 2.05) is 36.4 Å². The molecule has 0 atom stereocenters. The lowest BCUT2D eigenvalue weighted by atomic mass is 10.0. The molecule has 0 unspecified atom stereocenters. The van der Waals surface area contributed by atoms with Gasteiger partial charge in [0, 0.05) is 0 Å². The summed E-state index contributed by atoms with van der Waals surface area (Å²) in [5.74, 6) is -0.189. The molecule has 0 saturated carbocycles. The summed E-state index contributed by atoms with van der Waals surface area (Å²) < 4.78 is 15.3. The van der Waals surface area contributed by atoms with Crippen molar-refractivity contribution in [3.8, 4) is 16.9 Å². The molecule has 0 fully saturated rings. The summed E-state index contributed by atoms with van der Waals surface area (Å²) >= 11 is 0. The summed E-state index contributed by atoms with van der Waals surface area (Å²) in [5, 5.41) is 0. The molecule has 3 rings (SSSR count). The zero-order chi connectivity index (χ0) is 19.9. The van der Waals surface area contributed by atoms with Gasteiger partial charge in [-0.15, -0.1) is 0 Å². The molecule has 3 aromatic carbocycles. The van der Waals surface area contributed by atoms with E-state index in [0.29, 0.717) is 23.5 Å². The SMILES string of the molecule is COC(=O)c1cccc(OCc2cccc(-c3cccc(C(=O)OC)c3)c2)c1. The van der Waals surface area contributed by atoms with Crippen LogP contribution in [0.5, 0.6) is 5.75 Å². The molecule has 0 aliphatic heterocycles. The van der Waals surface area contributed by atoms with E-state index in [4.69, 9.17) is 14.2 Å². The van der Waals surface area contributed by atoms with E-state index in [-0.39, 0.29) is 5.97 Å². The Balaban J connectivity index is 1.76. The minimum atomic E-state index is -0.405. The van der Waals surface area contributed by atoms with E-state index in [1.54, 1.807) is 36.4 Å². The van der Waals surface area contributed by atoms with Gasteiger partial charge in [-0.3, -0.25) is 0 Å². The van der Waals surface area contributed by atoms with Gasteiger partial charge in [-0.2, -0.15) is 0 Å². The molecule has 5 heteroatoms. The number of esters is 2. The van der Waals surface area contributed by atoms with Crippen LogP contribution in [0.4, 0.5) is 0 Å². The first kappa shape index (κ1) is 19.2. The number of methoxy groups -OCH3 is 2.